The van der Waals surface area contributed by atoms with Gasteiger partial charge in [-0.25, -0.2) is 9.55 Å². The molecule has 0 saturated carbocycles. The van der Waals surface area contributed by atoms with E-state index >= 15 is 0 Å². The number of methoxy groups -OCH3 is 1. The summed E-state index contributed by atoms with van der Waals surface area (Å²) in [5, 5.41) is 0. The summed E-state index contributed by atoms with van der Waals surface area (Å²) in [6.07, 6.45) is 0.645. The van der Waals surface area contributed by atoms with E-state index in [0.717, 1.165) is 10.4 Å². The van der Waals surface area contributed by atoms with Crippen LogP contribution in [-0.4, -0.2) is 32.0 Å². The summed E-state index contributed by atoms with van der Waals surface area (Å²) in [4.78, 5) is 33.5. The fourth-order valence-electron chi connectivity index (χ4n) is 2.71. The molecule has 0 radical (unpaired) electrons. The predicted molar refractivity (Wildman–Crippen MR) is 81.7 cm³/mol. The molecule has 0 aliphatic carbocycles. The van der Waals surface area contributed by atoms with Crippen LogP contribution in [0.4, 0.5) is 0 Å². The van der Waals surface area contributed by atoms with Crippen molar-refractivity contribution in [1.82, 2.24) is 18.9 Å². The lowest BCUT2D eigenvalue weighted by molar-refractivity contribution is 0.0938. The number of hydrogen-bond donors (Lipinski definition) is 0. The molecule has 0 spiro atoms. The van der Waals surface area contributed by atoms with E-state index in [2.05, 4.69) is 9.97 Å². The highest BCUT2D eigenvalue weighted by atomic mass is 16.5. The van der Waals surface area contributed by atoms with Crippen molar-refractivity contribution in [1.29, 1.82) is 0 Å². The van der Waals surface area contributed by atoms with Crippen molar-refractivity contribution in [3.05, 3.63) is 34.0 Å². The lowest BCUT2D eigenvalue weighted by Gasteiger charge is -2.11. The van der Waals surface area contributed by atoms with Gasteiger partial charge in [0, 0.05) is 19.4 Å². The number of pyridine rings is 1. The maximum atomic E-state index is 12.7. The molecule has 3 aromatic rings. The zero-order valence-corrected chi connectivity index (χ0v) is 12.9. The minimum atomic E-state index is -0.378. The average Bonchev–Trinajstić information content (AvgIpc) is 2.84. The van der Waals surface area contributed by atoms with Crippen LogP contribution < -0.4 is 10.3 Å². The number of fused-ring (bicyclic) bond motifs is 3. The second-order valence-corrected chi connectivity index (χ2v) is 5.01. The first kappa shape index (κ1) is 14.2. The van der Waals surface area contributed by atoms with Crippen LogP contribution in [0.15, 0.2) is 16.9 Å². The van der Waals surface area contributed by atoms with Gasteiger partial charge in [0.1, 0.15) is 11.3 Å². The molecule has 0 atom stereocenters. The van der Waals surface area contributed by atoms with Crippen molar-refractivity contribution in [3.63, 3.8) is 0 Å². The largest absolute Gasteiger partial charge is 0.481 e. The van der Waals surface area contributed by atoms with Gasteiger partial charge in [0.15, 0.2) is 5.65 Å². The first-order valence-corrected chi connectivity index (χ1v) is 6.98. The standard InChI is InChI=1S/C15H16N4O3/c1-5-11-16-8(2)13-15(21)18(9(3)20)10-6-7-12(22-4)17-14(10)19(11)13/h6-7H,5H2,1-4H3. The number of carbonyl (C=O) groups is 1. The Labute approximate surface area is 126 Å². The van der Waals surface area contributed by atoms with Crippen LogP contribution in [-0.2, 0) is 6.42 Å². The molecule has 7 heteroatoms. The molecule has 0 bridgehead atoms. The number of nitrogens with zero attached hydrogens (tertiary/aromatic N) is 4. The monoisotopic (exact) mass is 300 g/mol. The van der Waals surface area contributed by atoms with Gasteiger partial charge in [0.25, 0.3) is 5.56 Å². The molecule has 7 nitrogen and oxygen atoms in total. The Morgan fingerprint density at radius 3 is 2.64 bits per heavy atom. The second kappa shape index (κ2) is 4.94. The van der Waals surface area contributed by atoms with Gasteiger partial charge in [-0.05, 0) is 13.0 Å². The third-order valence-electron chi connectivity index (χ3n) is 3.65. The molecule has 3 aromatic heterocycles. The van der Waals surface area contributed by atoms with Gasteiger partial charge in [-0.3, -0.25) is 14.0 Å². The molecule has 22 heavy (non-hydrogen) atoms. The van der Waals surface area contributed by atoms with Crippen LogP contribution in [0.25, 0.3) is 16.7 Å². The Hall–Kier alpha value is -2.70. The third-order valence-corrected chi connectivity index (χ3v) is 3.65. The number of ether oxygens (including phenoxy) is 1. The van der Waals surface area contributed by atoms with Crippen LogP contribution in [0.1, 0.15) is 30.2 Å². The zero-order chi connectivity index (χ0) is 16.0. The van der Waals surface area contributed by atoms with E-state index in [0.29, 0.717) is 34.7 Å². The minimum absolute atomic E-state index is 0.358. The van der Waals surface area contributed by atoms with Gasteiger partial charge in [-0.1, -0.05) is 6.92 Å². The number of imidazole rings is 1. The third kappa shape index (κ3) is 1.82. The smallest absolute Gasteiger partial charge is 0.284 e. The maximum absolute atomic E-state index is 12.7. The van der Waals surface area contributed by atoms with Crippen molar-refractivity contribution in [2.75, 3.05) is 7.11 Å². The molecule has 0 N–H and O–H groups in total. The van der Waals surface area contributed by atoms with Gasteiger partial charge >= 0.3 is 0 Å². The highest BCUT2D eigenvalue weighted by molar-refractivity contribution is 5.89. The number of aryl methyl sites for hydroxylation is 2. The predicted octanol–water partition coefficient (Wildman–Crippen LogP) is 1.58. The molecule has 3 rings (SSSR count). The average molecular weight is 300 g/mol. The van der Waals surface area contributed by atoms with Gasteiger partial charge in [-0.15, -0.1) is 0 Å². The summed E-state index contributed by atoms with van der Waals surface area (Å²) in [6, 6.07) is 3.29. The van der Waals surface area contributed by atoms with Crippen molar-refractivity contribution >= 4 is 22.6 Å². The summed E-state index contributed by atoms with van der Waals surface area (Å²) in [7, 11) is 1.52. The number of hydrogen-bond acceptors (Lipinski definition) is 5. The molecule has 0 saturated heterocycles. The SMILES string of the molecule is CCc1nc(C)c2c(=O)n(C(C)=O)c3ccc(OC)nc3n12. The molecule has 0 amide bonds. The van der Waals surface area contributed by atoms with Crippen molar-refractivity contribution < 1.29 is 9.53 Å². The Balaban J connectivity index is 2.67. The fraction of sp³-hybridized carbons (Fsp3) is 0.333. The quantitative estimate of drug-likeness (QED) is 0.718. The van der Waals surface area contributed by atoms with Crippen LogP contribution in [0.3, 0.4) is 0 Å². The van der Waals surface area contributed by atoms with Crippen molar-refractivity contribution in [2.24, 2.45) is 0 Å². The number of carbonyl (C=O) groups excluding carboxylic acids is 1. The molecule has 0 aromatic carbocycles. The van der Waals surface area contributed by atoms with Gasteiger partial charge < -0.3 is 4.74 Å². The van der Waals surface area contributed by atoms with Crippen LogP contribution in [0.5, 0.6) is 5.88 Å². The Morgan fingerprint density at radius 1 is 1.32 bits per heavy atom. The lowest BCUT2D eigenvalue weighted by Crippen LogP contribution is -2.27. The topological polar surface area (TPSA) is 78.5 Å². The van der Waals surface area contributed by atoms with E-state index in [1.54, 1.807) is 23.5 Å². The van der Waals surface area contributed by atoms with Gasteiger partial charge in [0.05, 0.1) is 18.3 Å². The van der Waals surface area contributed by atoms with Crippen molar-refractivity contribution in [2.45, 2.75) is 27.2 Å². The summed E-state index contributed by atoms with van der Waals surface area (Å²) in [6.45, 7) is 5.07. The van der Waals surface area contributed by atoms with Gasteiger partial charge in [0.2, 0.25) is 11.8 Å². The second-order valence-electron chi connectivity index (χ2n) is 5.01. The summed E-state index contributed by atoms with van der Waals surface area (Å²) in [5.41, 5.74) is 1.51. The van der Waals surface area contributed by atoms with Crippen LogP contribution >= 0.6 is 0 Å². The summed E-state index contributed by atoms with van der Waals surface area (Å²) >= 11 is 0. The first-order valence-electron chi connectivity index (χ1n) is 6.98. The van der Waals surface area contributed by atoms with Crippen molar-refractivity contribution in [3.8, 4) is 5.88 Å². The molecule has 114 valence electrons. The summed E-state index contributed by atoms with van der Waals surface area (Å²) in [5.74, 6) is 0.783. The number of aromatic nitrogens is 4. The molecule has 0 aliphatic heterocycles. The normalized spacial score (nSPS) is 11.3. The number of rotatable bonds is 2. The minimum Gasteiger partial charge on any atom is -0.481 e. The van der Waals surface area contributed by atoms with E-state index in [9.17, 15) is 9.59 Å². The molecule has 0 unspecified atom stereocenters. The Morgan fingerprint density at radius 2 is 2.05 bits per heavy atom. The van der Waals surface area contributed by atoms with E-state index in [1.807, 2.05) is 6.92 Å². The van der Waals surface area contributed by atoms with E-state index in [4.69, 9.17) is 4.74 Å². The fourth-order valence-corrected chi connectivity index (χ4v) is 2.71. The van der Waals surface area contributed by atoms with Crippen LogP contribution in [0.2, 0.25) is 0 Å². The van der Waals surface area contributed by atoms with E-state index in [1.165, 1.54) is 14.0 Å². The molecular weight excluding hydrogens is 284 g/mol. The first-order chi connectivity index (χ1) is 10.5. The molecule has 0 aliphatic rings. The summed E-state index contributed by atoms with van der Waals surface area (Å²) < 4.78 is 8.01. The lowest BCUT2D eigenvalue weighted by atomic mass is 10.3. The zero-order valence-electron chi connectivity index (χ0n) is 12.9. The van der Waals surface area contributed by atoms with E-state index in [-0.39, 0.29) is 11.5 Å². The van der Waals surface area contributed by atoms with Gasteiger partial charge in [-0.2, -0.15) is 4.98 Å². The molecule has 3 heterocycles. The highest BCUT2D eigenvalue weighted by Gasteiger charge is 2.20. The molecular formula is C15H16N4O3. The maximum Gasteiger partial charge on any atom is 0.284 e. The highest BCUT2D eigenvalue weighted by Crippen LogP contribution is 2.20. The Kier molecular flexibility index (Phi) is 3.20. The Bertz CT molecular complexity index is 968. The molecule has 0 fully saturated rings. The van der Waals surface area contributed by atoms with E-state index < -0.39 is 0 Å². The van der Waals surface area contributed by atoms with Crippen LogP contribution in [0, 0.1) is 6.92 Å².